The number of ketones is 1. The number of piperazine rings is 1. The van der Waals surface area contributed by atoms with Crippen molar-refractivity contribution in [1.29, 1.82) is 0 Å². The SMILES string of the molecule is C[C@@H]1CN(C(=O)c2ccccc2)CCN1C(=O)C(=O)c1nc2ccccc2n1C. The highest BCUT2D eigenvalue weighted by Crippen LogP contribution is 2.18. The summed E-state index contributed by atoms with van der Waals surface area (Å²) in [5, 5.41) is 0. The van der Waals surface area contributed by atoms with Gasteiger partial charge in [-0.15, -0.1) is 0 Å². The molecule has 0 N–H and O–H groups in total. The fourth-order valence-electron chi connectivity index (χ4n) is 3.78. The molecule has 1 atom stereocenters. The molecule has 148 valence electrons. The second-order valence-electron chi connectivity index (χ2n) is 7.28. The lowest BCUT2D eigenvalue weighted by molar-refractivity contribution is -0.130. The quantitative estimate of drug-likeness (QED) is 0.507. The minimum absolute atomic E-state index is 0.0637. The molecule has 29 heavy (non-hydrogen) atoms. The van der Waals surface area contributed by atoms with Gasteiger partial charge >= 0.3 is 0 Å². The number of amides is 2. The van der Waals surface area contributed by atoms with Gasteiger partial charge in [-0.1, -0.05) is 30.3 Å². The maximum Gasteiger partial charge on any atom is 0.298 e. The Kier molecular flexibility index (Phi) is 4.88. The Labute approximate surface area is 168 Å². The van der Waals surface area contributed by atoms with Crippen LogP contribution in [0.15, 0.2) is 54.6 Å². The van der Waals surface area contributed by atoms with E-state index in [1.54, 1.807) is 28.6 Å². The average molecular weight is 390 g/mol. The van der Waals surface area contributed by atoms with Crippen LogP contribution in [0.2, 0.25) is 0 Å². The maximum atomic E-state index is 12.9. The molecule has 1 fully saturated rings. The van der Waals surface area contributed by atoms with E-state index in [1.165, 1.54) is 4.90 Å². The van der Waals surface area contributed by atoms with Gasteiger partial charge in [0.15, 0.2) is 5.82 Å². The molecule has 2 aromatic carbocycles. The summed E-state index contributed by atoms with van der Waals surface area (Å²) in [5.74, 6) is -1.14. The number of fused-ring (bicyclic) bond motifs is 1. The van der Waals surface area contributed by atoms with Crippen molar-refractivity contribution in [2.75, 3.05) is 19.6 Å². The second kappa shape index (κ2) is 7.50. The number of imidazole rings is 1. The number of benzene rings is 2. The Morgan fingerprint density at radius 3 is 2.34 bits per heavy atom. The molecule has 1 saturated heterocycles. The van der Waals surface area contributed by atoms with Crippen molar-refractivity contribution in [3.63, 3.8) is 0 Å². The Morgan fingerprint density at radius 1 is 0.966 bits per heavy atom. The largest absolute Gasteiger partial charge is 0.335 e. The van der Waals surface area contributed by atoms with Gasteiger partial charge in [-0.3, -0.25) is 14.4 Å². The molecule has 7 nitrogen and oxygen atoms in total. The zero-order valence-corrected chi connectivity index (χ0v) is 16.4. The predicted octanol–water partition coefficient (Wildman–Crippen LogP) is 2.13. The van der Waals surface area contributed by atoms with E-state index in [0.717, 1.165) is 5.52 Å². The van der Waals surface area contributed by atoms with Crippen molar-refractivity contribution in [3.05, 3.63) is 66.0 Å². The molecule has 0 unspecified atom stereocenters. The smallest absolute Gasteiger partial charge is 0.298 e. The molecule has 2 amide bonds. The van der Waals surface area contributed by atoms with Crippen LogP contribution in [0.25, 0.3) is 11.0 Å². The molecule has 0 spiro atoms. The molecule has 0 bridgehead atoms. The van der Waals surface area contributed by atoms with Gasteiger partial charge in [0.25, 0.3) is 17.6 Å². The van der Waals surface area contributed by atoms with E-state index < -0.39 is 11.7 Å². The summed E-state index contributed by atoms with van der Waals surface area (Å²) in [5.41, 5.74) is 2.10. The summed E-state index contributed by atoms with van der Waals surface area (Å²) in [4.78, 5) is 46.0. The Morgan fingerprint density at radius 2 is 1.66 bits per heavy atom. The van der Waals surface area contributed by atoms with Gasteiger partial charge in [0.05, 0.1) is 11.0 Å². The van der Waals surface area contributed by atoms with Crippen molar-refractivity contribution in [3.8, 4) is 0 Å². The molecule has 3 aromatic rings. The normalized spacial score (nSPS) is 16.8. The molecule has 7 heteroatoms. The number of carbonyl (C=O) groups is 3. The topological polar surface area (TPSA) is 75.5 Å². The zero-order chi connectivity index (χ0) is 20.5. The number of carbonyl (C=O) groups excluding carboxylic acids is 3. The number of hydrogen-bond acceptors (Lipinski definition) is 4. The van der Waals surface area contributed by atoms with Crippen molar-refractivity contribution < 1.29 is 14.4 Å². The molecule has 1 aliphatic heterocycles. The summed E-state index contributed by atoms with van der Waals surface area (Å²) in [6.07, 6.45) is 0. The first-order valence-corrected chi connectivity index (χ1v) is 9.58. The third-order valence-corrected chi connectivity index (χ3v) is 5.38. The minimum Gasteiger partial charge on any atom is -0.335 e. The van der Waals surface area contributed by atoms with Crippen LogP contribution in [0.1, 0.15) is 27.9 Å². The van der Waals surface area contributed by atoms with Crippen molar-refractivity contribution in [2.24, 2.45) is 7.05 Å². The lowest BCUT2D eigenvalue weighted by Crippen LogP contribution is -2.57. The van der Waals surface area contributed by atoms with Crippen molar-refractivity contribution in [2.45, 2.75) is 13.0 Å². The molecular formula is C22H22N4O3. The van der Waals surface area contributed by atoms with Crippen LogP contribution < -0.4 is 0 Å². The van der Waals surface area contributed by atoms with E-state index in [9.17, 15) is 14.4 Å². The van der Waals surface area contributed by atoms with E-state index in [2.05, 4.69) is 4.98 Å². The van der Waals surface area contributed by atoms with Crippen LogP contribution in [0.5, 0.6) is 0 Å². The first-order valence-electron chi connectivity index (χ1n) is 9.58. The predicted molar refractivity (Wildman–Crippen MR) is 109 cm³/mol. The Bertz CT molecular complexity index is 1090. The van der Waals surface area contributed by atoms with Gasteiger partial charge in [0.2, 0.25) is 0 Å². The van der Waals surface area contributed by atoms with Crippen LogP contribution in [0.4, 0.5) is 0 Å². The van der Waals surface area contributed by atoms with Crippen LogP contribution in [-0.2, 0) is 11.8 Å². The lowest BCUT2D eigenvalue weighted by Gasteiger charge is -2.39. The highest BCUT2D eigenvalue weighted by molar-refractivity contribution is 6.42. The van der Waals surface area contributed by atoms with Crippen LogP contribution in [-0.4, -0.2) is 62.6 Å². The summed E-state index contributed by atoms with van der Waals surface area (Å²) in [6.45, 7) is 2.94. The van der Waals surface area contributed by atoms with Crippen LogP contribution in [0, 0.1) is 0 Å². The van der Waals surface area contributed by atoms with E-state index in [-0.39, 0.29) is 17.8 Å². The average Bonchev–Trinajstić information content (AvgIpc) is 3.09. The molecule has 0 radical (unpaired) electrons. The molecule has 0 saturated carbocycles. The fraction of sp³-hybridized carbons (Fsp3) is 0.273. The molecule has 2 heterocycles. The summed E-state index contributed by atoms with van der Waals surface area (Å²) in [6, 6.07) is 16.2. The number of rotatable bonds is 3. The second-order valence-corrected chi connectivity index (χ2v) is 7.28. The van der Waals surface area contributed by atoms with E-state index in [4.69, 9.17) is 0 Å². The molecule has 1 aromatic heterocycles. The van der Waals surface area contributed by atoms with Gasteiger partial charge in [-0.25, -0.2) is 4.98 Å². The lowest BCUT2D eigenvalue weighted by atomic mass is 10.1. The Hall–Kier alpha value is -3.48. The third kappa shape index (κ3) is 3.40. The molecule has 1 aliphatic rings. The summed E-state index contributed by atoms with van der Waals surface area (Å²) >= 11 is 0. The molecule has 4 rings (SSSR count). The summed E-state index contributed by atoms with van der Waals surface area (Å²) in [7, 11) is 1.73. The van der Waals surface area contributed by atoms with Gasteiger partial charge in [0, 0.05) is 38.3 Å². The number of nitrogens with zero attached hydrogens (tertiary/aromatic N) is 4. The van der Waals surface area contributed by atoms with E-state index >= 15 is 0 Å². The van der Waals surface area contributed by atoms with Crippen LogP contribution >= 0.6 is 0 Å². The highest BCUT2D eigenvalue weighted by atomic mass is 16.2. The number of hydrogen-bond donors (Lipinski definition) is 0. The first-order chi connectivity index (χ1) is 14.0. The van der Waals surface area contributed by atoms with Gasteiger partial charge in [-0.05, 0) is 31.2 Å². The van der Waals surface area contributed by atoms with E-state index in [0.29, 0.717) is 30.7 Å². The van der Waals surface area contributed by atoms with Gasteiger partial charge in [-0.2, -0.15) is 0 Å². The van der Waals surface area contributed by atoms with Gasteiger partial charge in [0.1, 0.15) is 0 Å². The van der Waals surface area contributed by atoms with E-state index in [1.807, 2.05) is 49.4 Å². The zero-order valence-electron chi connectivity index (χ0n) is 16.4. The van der Waals surface area contributed by atoms with Crippen molar-refractivity contribution in [1.82, 2.24) is 19.4 Å². The highest BCUT2D eigenvalue weighted by Gasteiger charge is 2.35. The van der Waals surface area contributed by atoms with Crippen molar-refractivity contribution >= 4 is 28.6 Å². The first kappa shape index (κ1) is 18.9. The number of para-hydroxylation sites is 2. The minimum atomic E-state index is -0.626. The molecule has 0 aliphatic carbocycles. The monoisotopic (exact) mass is 390 g/mol. The Balaban J connectivity index is 1.49. The number of aryl methyl sites for hydroxylation is 1. The molecular weight excluding hydrogens is 368 g/mol. The number of aromatic nitrogens is 2. The third-order valence-electron chi connectivity index (χ3n) is 5.38. The number of Topliss-reactive ketones (excluding diaryl/α,β-unsaturated/α-hetero) is 1. The van der Waals surface area contributed by atoms with Crippen LogP contribution in [0.3, 0.4) is 0 Å². The van der Waals surface area contributed by atoms with Gasteiger partial charge < -0.3 is 14.4 Å². The standard InChI is InChI=1S/C22H22N4O3/c1-15-14-25(21(28)16-8-4-3-5-9-16)12-13-26(15)22(29)19(27)20-23-17-10-6-7-11-18(17)24(20)2/h3-11,15H,12-14H2,1-2H3/t15-/m1/s1. The summed E-state index contributed by atoms with van der Waals surface area (Å²) < 4.78 is 1.65. The maximum absolute atomic E-state index is 12.9. The fourth-order valence-corrected chi connectivity index (χ4v) is 3.78.